The number of halogens is 2. The molecular formula is C21H23F2N3O3. The van der Waals surface area contributed by atoms with E-state index in [0.717, 1.165) is 23.1 Å². The van der Waals surface area contributed by atoms with Gasteiger partial charge in [0.2, 0.25) is 0 Å². The number of benzene rings is 2. The molecule has 3 rings (SSSR count). The summed E-state index contributed by atoms with van der Waals surface area (Å²) in [6.45, 7) is 1.92. The summed E-state index contributed by atoms with van der Waals surface area (Å²) in [7, 11) is 0. The lowest BCUT2D eigenvalue weighted by atomic mass is 10.1. The van der Waals surface area contributed by atoms with Gasteiger partial charge in [0.05, 0.1) is 23.5 Å². The molecule has 1 aromatic heterocycles. The van der Waals surface area contributed by atoms with Crippen LogP contribution >= 0.6 is 0 Å². The van der Waals surface area contributed by atoms with E-state index in [2.05, 4.69) is 10.1 Å². The van der Waals surface area contributed by atoms with Gasteiger partial charge in [-0.1, -0.05) is 19.1 Å². The average molecular weight is 403 g/mol. The lowest BCUT2D eigenvalue weighted by molar-refractivity contribution is -0.0497. The number of ether oxygens (including phenoxy) is 2. The molecule has 0 radical (unpaired) electrons. The molecule has 3 aromatic rings. The fraction of sp³-hybridized carbons (Fsp3) is 0.286. The molecule has 2 aromatic carbocycles. The van der Waals surface area contributed by atoms with E-state index in [1.165, 1.54) is 6.07 Å². The van der Waals surface area contributed by atoms with Gasteiger partial charge in [-0.25, -0.2) is 4.79 Å². The van der Waals surface area contributed by atoms with Crippen molar-refractivity contribution in [1.29, 1.82) is 0 Å². The third-order valence-electron chi connectivity index (χ3n) is 4.46. The van der Waals surface area contributed by atoms with Crippen LogP contribution in [0.2, 0.25) is 0 Å². The van der Waals surface area contributed by atoms with Crippen molar-refractivity contribution >= 4 is 28.4 Å². The van der Waals surface area contributed by atoms with Gasteiger partial charge in [-0.05, 0) is 37.6 Å². The third-order valence-corrected chi connectivity index (χ3v) is 4.46. The second kappa shape index (κ2) is 8.81. The van der Waals surface area contributed by atoms with Gasteiger partial charge >= 0.3 is 12.7 Å². The second-order valence-corrected chi connectivity index (χ2v) is 6.40. The van der Waals surface area contributed by atoms with E-state index < -0.39 is 12.7 Å². The number of fused-ring (bicyclic) bond motifs is 1. The van der Waals surface area contributed by atoms with E-state index >= 15 is 0 Å². The first-order valence-electron chi connectivity index (χ1n) is 9.35. The molecule has 154 valence electrons. The Hall–Kier alpha value is -3.29. The third kappa shape index (κ3) is 4.42. The van der Waals surface area contributed by atoms with E-state index in [-0.39, 0.29) is 5.75 Å². The minimum absolute atomic E-state index is 0.0800. The number of aromatic nitrogens is 1. The standard InChI is InChI=1S/C21H23F2N3O3/c1-3-11-28-21(27)25-14-7-5-13(6-8-14)19-18(24)16-10-9-15(29-20(22)23)12-17(16)26(19)4-2/h5-10,12,20H,3-4,11,24H2,1-2H3,(H,25,27). The Labute approximate surface area is 167 Å². The van der Waals surface area contributed by atoms with E-state index in [9.17, 15) is 13.6 Å². The van der Waals surface area contributed by atoms with Gasteiger partial charge in [-0.15, -0.1) is 0 Å². The van der Waals surface area contributed by atoms with Crippen LogP contribution in [-0.4, -0.2) is 23.9 Å². The maximum absolute atomic E-state index is 12.6. The van der Waals surface area contributed by atoms with Crippen molar-refractivity contribution in [3.05, 3.63) is 42.5 Å². The molecule has 29 heavy (non-hydrogen) atoms. The quantitative estimate of drug-likeness (QED) is 0.548. The van der Waals surface area contributed by atoms with E-state index in [0.29, 0.717) is 30.0 Å². The van der Waals surface area contributed by atoms with Gasteiger partial charge in [0.25, 0.3) is 0 Å². The number of carbonyl (C=O) groups is 1. The summed E-state index contributed by atoms with van der Waals surface area (Å²) in [5.41, 5.74) is 9.84. The molecule has 6 nitrogen and oxygen atoms in total. The fourth-order valence-electron chi connectivity index (χ4n) is 3.23. The number of aryl methyl sites for hydroxylation is 1. The van der Waals surface area contributed by atoms with Crippen LogP contribution in [0.25, 0.3) is 22.2 Å². The van der Waals surface area contributed by atoms with Gasteiger partial charge in [-0.2, -0.15) is 8.78 Å². The SMILES string of the molecule is CCCOC(=O)Nc1ccc(-c2c(N)c3ccc(OC(F)F)cc3n2CC)cc1. The van der Waals surface area contributed by atoms with Crippen molar-refractivity contribution in [2.45, 2.75) is 33.4 Å². The normalized spacial score (nSPS) is 11.1. The first-order valence-corrected chi connectivity index (χ1v) is 9.35. The van der Waals surface area contributed by atoms with Crippen molar-refractivity contribution < 1.29 is 23.0 Å². The summed E-state index contributed by atoms with van der Waals surface area (Å²) in [6.07, 6.45) is 0.241. The molecule has 3 N–H and O–H groups in total. The molecule has 0 bridgehead atoms. The van der Waals surface area contributed by atoms with Crippen LogP contribution in [0, 0.1) is 0 Å². The number of rotatable bonds is 7. The smallest absolute Gasteiger partial charge is 0.411 e. The molecule has 0 saturated carbocycles. The highest BCUT2D eigenvalue weighted by Crippen LogP contribution is 2.38. The van der Waals surface area contributed by atoms with Gasteiger partial charge in [0.15, 0.2) is 0 Å². The number of amides is 1. The first-order chi connectivity index (χ1) is 13.9. The van der Waals surface area contributed by atoms with Crippen molar-refractivity contribution in [1.82, 2.24) is 4.57 Å². The van der Waals surface area contributed by atoms with Gasteiger partial charge in [0.1, 0.15) is 5.75 Å². The van der Waals surface area contributed by atoms with Crippen molar-refractivity contribution in [2.75, 3.05) is 17.7 Å². The first kappa shape index (κ1) is 20.4. The molecule has 0 spiro atoms. The Morgan fingerprint density at radius 2 is 1.90 bits per heavy atom. The topological polar surface area (TPSA) is 78.5 Å². The Bertz CT molecular complexity index is 1000. The van der Waals surface area contributed by atoms with Gasteiger partial charge in [-0.3, -0.25) is 5.32 Å². The maximum atomic E-state index is 12.6. The zero-order valence-electron chi connectivity index (χ0n) is 16.2. The number of nitrogens with two attached hydrogens (primary N) is 1. The Morgan fingerprint density at radius 1 is 1.17 bits per heavy atom. The summed E-state index contributed by atoms with van der Waals surface area (Å²) < 4.78 is 36.6. The molecule has 8 heteroatoms. The van der Waals surface area contributed by atoms with Crippen molar-refractivity contribution in [2.24, 2.45) is 0 Å². The number of nitrogen functional groups attached to an aromatic ring is 1. The number of alkyl halides is 2. The van der Waals surface area contributed by atoms with Crippen LogP contribution in [0.3, 0.4) is 0 Å². The van der Waals surface area contributed by atoms with Crippen LogP contribution in [0.15, 0.2) is 42.5 Å². The van der Waals surface area contributed by atoms with Crippen molar-refractivity contribution in [3.63, 3.8) is 0 Å². The zero-order valence-corrected chi connectivity index (χ0v) is 16.2. The summed E-state index contributed by atoms with van der Waals surface area (Å²) in [5.74, 6) is 0.0800. The minimum Gasteiger partial charge on any atom is -0.449 e. The molecule has 0 unspecified atom stereocenters. The second-order valence-electron chi connectivity index (χ2n) is 6.40. The largest absolute Gasteiger partial charge is 0.449 e. The molecule has 0 atom stereocenters. The molecule has 0 aliphatic carbocycles. The van der Waals surface area contributed by atoms with Crippen LogP contribution in [0.5, 0.6) is 5.75 Å². The summed E-state index contributed by atoms with van der Waals surface area (Å²) >= 11 is 0. The van der Waals surface area contributed by atoms with E-state index in [1.54, 1.807) is 24.3 Å². The van der Waals surface area contributed by atoms with Crippen LogP contribution < -0.4 is 15.8 Å². The van der Waals surface area contributed by atoms with Gasteiger partial charge < -0.3 is 19.8 Å². The molecule has 1 heterocycles. The lowest BCUT2D eigenvalue weighted by Gasteiger charge is -2.11. The number of nitrogens with one attached hydrogen (secondary N) is 1. The molecule has 0 aliphatic heterocycles. The highest BCUT2D eigenvalue weighted by atomic mass is 19.3. The lowest BCUT2D eigenvalue weighted by Crippen LogP contribution is -2.13. The van der Waals surface area contributed by atoms with Crippen molar-refractivity contribution in [3.8, 4) is 17.0 Å². The number of anilines is 2. The predicted octanol–water partition coefficient (Wildman–Crippen LogP) is 5.47. The minimum atomic E-state index is -2.89. The highest BCUT2D eigenvalue weighted by Gasteiger charge is 2.17. The number of hydrogen-bond acceptors (Lipinski definition) is 4. The number of carbonyl (C=O) groups excluding carboxylic acids is 1. The Balaban J connectivity index is 1.94. The summed E-state index contributed by atoms with van der Waals surface area (Å²) in [6, 6.07) is 11.9. The van der Waals surface area contributed by atoms with Crippen LogP contribution in [-0.2, 0) is 11.3 Å². The highest BCUT2D eigenvalue weighted by molar-refractivity contribution is 6.01. The fourth-order valence-corrected chi connectivity index (χ4v) is 3.23. The maximum Gasteiger partial charge on any atom is 0.411 e. The van der Waals surface area contributed by atoms with Gasteiger partial charge in [0, 0.05) is 29.2 Å². The number of nitrogens with zero attached hydrogens (tertiary/aromatic N) is 1. The Morgan fingerprint density at radius 3 is 2.52 bits per heavy atom. The zero-order chi connectivity index (χ0) is 21.0. The summed E-state index contributed by atoms with van der Waals surface area (Å²) in [5, 5.41) is 3.42. The average Bonchev–Trinajstić information content (AvgIpc) is 2.97. The Kier molecular flexibility index (Phi) is 6.21. The van der Waals surface area contributed by atoms with Crippen LogP contribution in [0.1, 0.15) is 20.3 Å². The monoisotopic (exact) mass is 403 g/mol. The molecular weight excluding hydrogens is 380 g/mol. The predicted molar refractivity (Wildman–Crippen MR) is 109 cm³/mol. The van der Waals surface area contributed by atoms with E-state index in [4.69, 9.17) is 10.5 Å². The molecule has 0 aliphatic rings. The molecule has 0 fully saturated rings. The van der Waals surface area contributed by atoms with E-state index in [1.807, 2.05) is 30.5 Å². The number of hydrogen-bond donors (Lipinski definition) is 2. The summed E-state index contributed by atoms with van der Waals surface area (Å²) in [4.78, 5) is 11.7. The van der Waals surface area contributed by atoms with Crippen LogP contribution in [0.4, 0.5) is 25.0 Å². The molecule has 1 amide bonds. The molecule has 0 saturated heterocycles.